The predicted molar refractivity (Wildman–Crippen MR) is 82.1 cm³/mol. The van der Waals surface area contributed by atoms with Crippen LogP contribution < -0.4 is 5.69 Å². The summed E-state index contributed by atoms with van der Waals surface area (Å²) < 4.78 is 3.15. The molecule has 21 heavy (non-hydrogen) atoms. The van der Waals surface area contributed by atoms with Crippen molar-refractivity contribution in [1.82, 2.24) is 14.0 Å². The van der Waals surface area contributed by atoms with Crippen molar-refractivity contribution in [1.29, 1.82) is 0 Å². The van der Waals surface area contributed by atoms with Crippen LogP contribution in [0.4, 0.5) is 0 Å². The van der Waals surface area contributed by atoms with Gasteiger partial charge in [0.15, 0.2) is 0 Å². The van der Waals surface area contributed by atoms with Gasteiger partial charge in [0.05, 0.1) is 11.0 Å². The smallest absolute Gasteiger partial charge is 0.329 e. The molecule has 1 amide bonds. The molecule has 0 N–H and O–H groups in total. The summed E-state index contributed by atoms with van der Waals surface area (Å²) in [4.78, 5) is 26.5. The average molecular weight is 287 g/mol. The van der Waals surface area contributed by atoms with Gasteiger partial charge in [-0.25, -0.2) is 4.79 Å². The molecule has 0 bridgehead atoms. The summed E-state index contributed by atoms with van der Waals surface area (Å²) in [7, 11) is 3.57. The molecule has 5 heteroatoms. The predicted octanol–water partition coefficient (Wildman–Crippen LogP) is 1.60. The van der Waals surface area contributed by atoms with E-state index in [1.54, 1.807) is 21.1 Å². The maximum atomic E-state index is 12.4. The van der Waals surface area contributed by atoms with Crippen molar-refractivity contribution in [3.63, 3.8) is 0 Å². The molecule has 1 aliphatic carbocycles. The lowest BCUT2D eigenvalue weighted by atomic mass is 10.2. The van der Waals surface area contributed by atoms with Crippen molar-refractivity contribution in [2.75, 3.05) is 7.05 Å². The van der Waals surface area contributed by atoms with Crippen molar-refractivity contribution < 1.29 is 4.79 Å². The van der Waals surface area contributed by atoms with Crippen LogP contribution in [-0.4, -0.2) is 33.0 Å². The van der Waals surface area contributed by atoms with E-state index in [1.807, 2.05) is 31.3 Å². The van der Waals surface area contributed by atoms with Gasteiger partial charge in [-0.15, -0.1) is 0 Å². The van der Waals surface area contributed by atoms with Crippen LogP contribution >= 0.6 is 0 Å². The average Bonchev–Trinajstić information content (AvgIpc) is 3.31. The molecule has 1 atom stereocenters. The van der Waals surface area contributed by atoms with E-state index in [0.29, 0.717) is 5.92 Å². The number of rotatable bonds is 4. The highest BCUT2D eigenvalue weighted by Gasteiger charge is 2.32. The first kappa shape index (κ1) is 13.9. The highest BCUT2D eigenvalue weighted by molar-refractivity contribution is 5.81. The minimum atomic E-state index is -0.142. The van der Waals surface area contributed by atoms with Crippen LogP contribution in [0.5, 0.6) is 0 Å². The number of para-hydroxylation sites is 2. The van der Waals surface area contributed by atoms with Gasteiger partial charge in [0.25, 0.3) is 0 Å². The van der Waals surface area contributed by atoms with Crippen LogP contribution in [0.15, 0.2) is 29.1 Å². The molecule has 5 nitrogen and oxygen atoms in total. The summed E-state index contributed by atoms with van der Waals surface area (Å²) in [5.41, 5.74) is 1.52. The zero-order valence-corrected chi connectivity index (χ0v) is 12.7. The minimum absolute atomic E-state index is 0.00662. The molecule has 1 aromatic heterocycles. The molecular formula is C16H21N3O2. The standard InChI is InChI=1S/C16H21N3O2/c1-11(12-8-9-12)17(2)15(20)10-19-14-7-5-4-6-13(14)18(3)16(19)21/h4-7,11-12H,8-10H2,1-3H3. The first-order chi connectivity index (χ1) is 10.0. The van der Waals surface area contributed by atoms with Crippen LogP contribution in [0.25, 0.3) is 11.0 Å². The van der Waals surface area contributed by atoms with E-state index in [4.69, 9.17) is 0 Å². The fourth-order valence-electron chi connectivity index (χ4n) is 2.88. The number of benzene rings is 1. The van der Waals surface area contributed by atoms with E-state index in [1.165, 1.54) is 12.8 Å². The third-order valence-corrected chi connectivity index (χ3v) is 4.65. The van der Waals surface area contributed by atoms with Gasteiger partial charge in [-0.2, -0.15) is 0 Å². The van der Waals surface area contributed by atoms with Gasteiger partial charge in [0, 0.05) is 20.1 Å². The van der Waals surface area contributed by atoms with Gasteiger partial charge < -0.3 is 4.90 Å². The number of hydrogen-bond donors (Lipinski definition) is 0. The lowest BCUT2D eigenvalue weighted by Gasteiger charge is -2.25. The van der Waals surface area contributed by atoms with E-state index in [9.17, 15) is 9.59 Å². The molecule has 112 valence electrons. The highest BCUT2D eigenvalue weighted by atomic mass is 16.2. The fraction of sp³-hybridized carbons (Fsp3) is 0.500. The molecule has 1 aliphatic rings. The van der Waals surface area contributed by atoms with Crippen molar-refractivity contribution in [2.24, 2.45) is 13.0 Å². The Kier molecular flexibility index (Phi) is 3.35. The van der Waals surface area contributed by atoms with E-state index in [0.717, 1.165) is 11.0 Å². The zero-order chi connectivity index (χ0) is 15.1. The molecule has 2 aromatic rings. The summed E-state index contributed by atoms with van der Waals surface area (Å²) in [5.74, 6) is 0.621. The van der Waals surface area contributed by atoms with E-state index < -0.39 is 0 Å². The molecule has 0 saturated heterocycles. The highest BCUT2D eigenvalue weighted by Crippen LogP contribution is 2.34. The molecule has 0 aliphatic heterocycles. The maximum Gasteiger partial charge on any atom is 0.329 e. The van der Waals surface area contributed by atoms with Crippen molar-refractivity contribution in [3.8, 4) is 0 Å². The summed E-state index contributed by atoms with van der Waals surface area (Å²) in [6, 6.07) is 7.82. The topological polar surface area (TPSA) is 47.2 Å². The quantitative estimate of drug-likeness (QED) is 0.857. The van der Waals surface area contributed by atoms with E-state index in [2.05, 4.69) is 6.92 Å². The minimum Gasteiger partial charge on any atom is -0.341 e. The summed E-state index contributed by atoms with van der Waals surface area (Å²) in [6.07, 6.45) is 2.40. The van der Waals surface area contributed by atoms with Gasteiger partial charge in [-0.1, -0.05) is 12.1 Å². The number of carbonyl (C=O) groups is 1. The molecule has 1 heterocycles. The molecule has 0 spiro atoms. The van der Waals surface area contributed by atoms with Crippen LogP contribution in [0.2, 0.25) is 0 Å². The number of aromatic nitrogens is 2. The number of hydrogen-bond acceptors (Lipinski definition) is 2. The Hall–Kier alpha value is -2.04. The summed E-state index contributed by atoms with van der Waals surface area (Å²) in [5, 5.41) is 0. The summed E-state index contributed by atoms with van der Waals surface area (Å²) in [6.45, 7) is 2.19. The first-order valence-electron chi connectivity index (χ1n) is 7.40. The monoisotopic (exact) mass is 287 g/mol. The fourth-order valence-corrected chi connectivity index (χ4v) is 2.88. The molecular weight excluding hydrogens is 266 g/mol. The number of fused-ring (bicyclic) bond motifs is 1. The first-order valence-corrected chi connectivity index (χ1v) is 7.40. The largest absolute Gasteiger partial charge is 0.341 e. The molecule has 1 unspecified atom stereocenters. The third-order valence-electron chi connectivity index (χ3n) is 4.65. The van der Waals surface area contributed by atoms with Crippen molar-refractivity contribution >= 4 is 16.9 Å². The van der Waals surface area contributed by atoms with Gasteiger partial charge in [-0.3, -0.25) is 13.9 Å². The molecule has 0 radical (unpaired) electrons. The lowest BCUT2D eigenvalue weighted by Crippen LogP contribution is -2.40. The van der Waals surface area contributed by atoms with Gasteiger partial charge >= 0.3 is 5.69 Å². The Balaban J connectivity index is 1.89. The Morgan fingerprint density at radius 3 is 2.57 bits per heavy atom. The van der Waals surface area contributed by atoms with Crippen LogP contribution in [0.3, 0.4) is 0 Å². The van der Waals surface area contributed by atoms with Crippen molar-refractivity contribution in [2.45, 2.75) is 32.4 Å². The van der Waals surface area contributed by atoms with Crippen LogP contribution in [0.1, 0.15) is 19.8 Å². The van der Waals surface area contributed by atoms with Gasteiger partial charge in [0.2, 0.25) is 5.91 Å². The van der Waals surface area contributed by atoms with Crippen LogP contribution in [0, 0.1) is 5.92 Å². The molecule has 1 saturated carbocycles. The Morgan fingerprint density at radius 1 is 1.33 bits per heavy atom. The maximum absolute atomic E-state index is 12.4. The number of amides is 1. The van der Waals surface area contributed by atoms with E-state index in [-0.39, 0.29) is 24.2 Å². The molecule has 1 fully saturated rings. The Morgan fingerprint density at radius 2 is 1.95 bits per heavy atom. The van der Waals surface area contributed by atoms with E-state index >= 15 is 0 Å². The van der Waals surface area contributed by atoms with Gasteiger partial charge in [0.1, 0.15) is 6.54 Å². The molecule has 3 rings (SSSR count). The number of aryl methyl sites for hydroxylation is 1. The number of nitrogens with zero attached hydrogens (tertiary/aromatic N) is 3. The number of imidazole rings is 1. The number of carbonyl (C=O) groups excluding carboxylic acids is 1. The summed E-state index contributed by atoms with van der Waals surface area (Å²) >= 11 is 0. The van der Waals surface area contributed by atoms with Crippen molar-refractivity contribution in [3.05, 3.63) is 34.7 Å². The van der Waals surface area contributed by atoms with Crippen LogP contribution in [-0.2, 0) is 18.4 Å². The lowest BCUT2D eigenvalue weighted by molar-refractivity contribution is -0.132. The Bertz CT molecular complexity index is 740. The third kappa shape index (κ3) is 2.37. The second-order valence-corrected chi connectivity index (χ2v) is 6.00. The van der Waals surface area contributed by atoms with Gasteiger partial charge in [-0.05, 0) is 37.8 Å². The normalized spacial score (nSPS) is 16.1. The second-order valence-electron chi connectivity index (χ2n) is 6.00. The molecule has 1 aromatic carbocycles. The Labute approximate surface area is 123 Å². The zero-order valence-electron chi connectivity index (χ0n) is 12.7. The number of likely N-dealkylation sites (N-methyl/N-ethyl adjacent to an activating group) is 1. The SMILES string of the molecule is CC(C1CC1)N(C)C(=O)Cn1c(=O)n(C)c2ccccc21. The second kappa shape index (κ2) is 5.06.